The third kappa shape index (κ3) is 3.16. The lowest BCUT2D eigenvalue weighted by Gasteiger charge is -2.42. The quantitative estimate of drug-likeness (QED) is 0.566. The molecule has 1 N–H and O–H groups in total. The first-order valence-electron chi connectivity index (χ1n) is 5.57. The molecule has 0 bridgehead atoms. The minimum Gasteiger partial charge on any atom is -0.307 e. The van der Waals surface area contributed by atoms with Crippen LogP contribution in [0.1, 0.15) is 34.6 Å². The van der Waals surface area contributed by atoms with Gasteiger partial charge in [0.15, 0.2) is 0 Å². The molecule has 5 heteroatoms. The zero-order valence-electron chi connectivity index (χ0n) is 10.4. The van der Waals surface area contributed by atoms with E-state index in [2.05, 4.69) is 0 Å². The molecule has 0 aliphatic rings. The van der Waals surface area contributed by atoms with E-state index in [0.717, 1.165) is 19.6 Å². The molecule has 92 valence electrons. The second-order valence-corrected chi connectivity index (χ2v) is 5.83. The van der Waals surface area contributed by atoms with E-state index in [1.165, 1.54) is 0 Å². The molecule has 0 aromatic heterocycles. The van der Waals surface area contributed by atoms with Crippen molar-refractivity contribution in [2.75, 3.05) is 19.6 Å². The Morgan fingerprint density at radius 1 is 1.07 bits per heavy atom. The van der Waals surface area contributed by atoms with E-state index >= 15 is 0 Å². The van der Waals surface area contributed by atoms with E-state index in [0.29, 0.717) is 4.48 Å². The molecule has 15 heavy (non-hydrogen) atoms. The first kappa shape index (κ1) is 14.9. The molecule has 0 heterocycles. The van der Waals surface area contributed by atoms with E-state index in [1.807, 2.05) is 34.6 Å². The van der Waals surface area contributed by atoms with Crippen molar-refractivity contribution in [2.24, 2.45) is 5.92 Å². The van der Waals surface area contributed by atoms with Crippen molar-refractivity contribution < 1.29 is 17.5 Å². The van der Waals surface area contributed by atoms with Crippen molar-refractivity contribution >= 4 is 10.1 Å². The van der Waals surface area contributed by atoms with Crippen LogP contribution in [0.25, 0.3) is 0 Å². The van der Waals surface area contributed by atoms with Gasteiger partial charge in [0.05, 0.1) is 19.6 Å². The zero-order valence-corrected chi connectivity index (χ0v) is 11.2. The number of hydrogen-bond donors (Lipinski definition) is 1. The summed E-state index contributed by atoms with van der Waals surface area (Å²) in [4.78, 5) is 0. The summed E-state index contributed by atoms with van der Waals surface area (Å²) in [5.41, 5.74) is 0. The van der Waals surface area contributed by atoms with Gasteiger partial charge in [-0.05, 0) is 20.8 Å². The molecule has 0 rings (SSSR count). The zero-order chi connectivity index (χ0) is 12.3. The van der Waals surface area contributed by atoms with E-state index in [-0.39, 0.29) is 5.92 Å². The number of rotatable bonds is 6. The van der Waals surface area contributed by atoms with Gasteiger partial charge in [0.25, 0.3) is 0 Å². The molecule has 0 fully saturated rings. The van der Waals surface area contributed by atoms with Crippen LogP contribution >= 0.6 is 0 Å². The summed E-state index contributed by atoms with van der Waals surface area (Å²) < 4.78 is 32.6. The third-order valence-electron chi connectivity index (χ3n) is 3.30. The Hall–Kier alpha value is -0.130. The van der Waals surface area contributed by atoms with Gasteiger partial charge >= 0.3 is 10.1 Å². The Morgan fingerprint density at radius 2 is 1.40 bits per heavy atom. The summed E-state index contributed by atoms with van der Waals surface area (Å²) in [5.74, 6) is -0.0835. The van der Waals surface area contributed by atoms with Gasteiger partial charge in [0.1, 0.15) is 0 Å². The molecular formula is C10H24NO3S+. The highest BCUT2D eigenvalue weighted by Gasteiger charge is 2.43. The van der Waals surface area contributed by atoms with Crippen molar-refractivity contribution in [3.63, 3.8) is 0 Å². The van der Waals surface area contributed by atoms with Crippen LogP contribution in [-0.4, -0.2) is 42.5 Å². The van der Waals surface area contributed by atoms with Gasteiger partial charge in [0.2, 0.25) is 5.37 Å². The van der Waals surface area contributed by atoms with Crippen LogP contribution < -0.4 is 0 Å². The molecule has 1 unspecified atom stereocenters. The third-order valence-corrected chi connectivity index (χ3v) is 4.91. The average Bonchev–Trinajstić information content (AvgIpc) is 2.11. The molecule has 0 saturated heterocycles. The van der Waals surface area contributed by atoms with Crippen LogP contribution in [0.2, 0.25) is 0 Å². The lowest BCUT2D eigenvalue weighted by Crippen LogP contribution is -2.60. The van der Waals surface area contributed by atoms with Gasteiger partial charge in [-0.2, -0.15) is 8.42 Å². The van der Waals surface area contributed by atoms with Crippen molar-refractivity contribution in [2.45, 2.75) is 40.0 Å². The maximum atomic E-state index is 11.4. The highest BCUT2D eigenvalue weighted by Crippen LogP contribution is 2.24. The smallest absolute Gasteiger partial charge is 0.307 e. The Labute approximate surface area is 93.6 Å². The summed E-state index contributed by atoms with van der Waals surface area (Å²) in [6.45, 7) is 11.7. The number of hydrogen-bond acceptors (Lipinski definition) is 2. The van der Waals surface area contributed by atoms with Crippen LogP contribution in [0.4, 0.5) is 0 Å². The van der Waals surface area contributed by atoms with Crippen molar-refractivity contribution in [1.29, 1.82) is 0 Å². The largest absolute Gasteiger partial charge is 0.319 e. The second kappa shape index (κ2) is 5.27. The highest BCUT2D eigenvalue weighted by atomic mass is 32.2. The van der Waals surface area contributed by atoms with Gasteiger partial charge < -0.3 is 4.48 Å². The molecule has 0 radical (unpaired) electrons. The molecule has 1 atom stereocenters. The maximum Gasteiger partial charge on any atom is 0.319 e. The molecule has 0 aromatic carbocycles. The van der Waals surface area contributed by atoms with Crippen LogP contribution in [-0.2, 0) is 10.1 Å². The van der Waals surface area contributed by atoms with Gasteiger partial charge in [-0.3, -0.25) is 4.55 Å². The molecule has 0 amide bonds. The summed E-state index contributed by atoms with van der Waals surface area (Å²) in [5, 5.41) is -0.711. The standard InChI is InChI=1S/C10H23NO3S/c1-6-11(7-2,8-3)10(9(4)5)15(12,13)14/h9-10H,6-8H2,1-5H3/p+1. The molecule has 0 aliphatic heterocycles. The molecule has 4 nitrogen and oxygen atoms in total. The van der Waals surface area contributed by atoms with Crippen LogP contribution in [0.3, 0.4) is 0 Å². The van der Waals surface area contributed by atoms with Gasteiger partial charge in [0, 0.05) is 5.92 Å². The summed E-state index contributed by atoms with van der Waals surface area (Å²) in [6.07, 6.45) is 0. The van der Waals surface area contributed by atoms with Crippen LogP contribution in [0.15, 0.2) is 0 Å². The topological polar surface area (TPSA) is 54.4 Å². The van der Waals surface area contributed by atoms with E-state index in [9.17, 15) is 13.0 Å². The summed E-state index contributed by atoms with van der Waals surface area (Å²) >= 11 is 0. The SMILES string of the molecule is CC[N+](CC)(CC)C(C(C)C)S(=O)(=O)O. The number of quaternary nitrogens is 1. The molecule has 0 aromatic rings. The normalized spacial score (nSPS) is 15.7. The maximum absolute atomic E-state index is 11.4. The van der Waals surface area contributed by atoms with Crippen LogP contribution in [0, 0.1) is 5.92 Å². The fourth-order valence-corrected chi connectivity index (χ4v) is 4.17. The molecule has 0 saturated carbocycles. The summed E-state index contributed by atoms with van der Waals surface area (Å²) in [7, 11) is -3.99. The van der Waals surface area contributed by atoms with E-state index in [4.69, 9.17) is 0 Å². The monoisotopic (exact) mass is 238 g/mol. The van der Waals surface area contributed by atoms with Gasteiger partial charge in [-0.1, -0.05) is 13.8 Å². The molecule has 0 aliphatic carbocycles. The Balaban J connectivity index is 5.40. The van der Waals surface area contributed by atoms with Crippen molar-refractivity contribution in [3.05, 3.63) is 0 Å². The molecule has 0 spiro atoms. The minimum absolute atomic E-state index is 0.0835. The Morgan fingerprint density at radius 3 is 1.47 bits per heavy atom. The van der Waals surface area contributed by atoms with E-state index < -0.39 is 15.5 Å². The van der Waals surface area contributed by atoms with Gasteiger partial charge in [-0.25, -0.2) is 0 Å². The van der Waals surface area contributed by atoms with Crippen molar-refractivity contribution in [3.8, 4) is 0 Å². The second-order valence-electron chi connectivity index (χ2n) is 4.32. The van der Waals surface area contributed by atoms with Crippen molar-refractivity contribution in [1.82, 2.24) is 0 Å². The lowest BCUT2D eigenvalue weighted by molar-refractivity contribution is -0.937. The first-order chi connectivity index (χ1) is 6.75. The Bertz CT molecular complexity index is 273. The first-order valence-corrected chi connectivity index (χ1v) is 7.07. The minimum atomic E-state index is -3.99. The summed E-state index contributed by atoms with van der Waals surface area (Å²) in [6, 6.07) is 0. The van der Waals surface area contributed by atoms with E-state index in [1.54, 1.807) is 0 Å². The predicted molar refractivity (Wildman–Crippen MR) is 62.1 cm³/mol. The fourth-order valence-electron chi connectivity index (χ4n) is 2.47. The highest BCUT2D eigenvalue weighted by molar-refractivity contribution is 7.86. The lowest BCUT2D eigenvalue weighted by atomic mass is 10.1. The molecular weight excluding hydrogens is 214 g/mol. The fraction of sp³-hybridized carbons (Fsp3) is 1.00. The van der Waals surface area contributed by atoms with Crippen LogP contribution in [0.5, 0.6) is 0 Å². The average molecular weight is 238 g/mol. The Kier molecular flexibility index (Phi) is 5.23. The predicted octanol–water partition coefficient (Wildman–Crippen LogP) is 1.73. The van der Waals surface area contributed by atoms with Gasteiger partial charge in [-0.15, -0.1) is 0 Å². The number of nitrogens with zero attached hydrogens (tertiary/aromatic N) is 1.